The predicted molar refractivity (Wildman–Crippen MR) is 201 cm³/mol. The molecule has 0 atom stereocenters. The minimum absolute atomic E-state index is 0.707. The maximum absolute atomic E-state index is 5.35. The summed E-state index contributed by atoms with van der Waals surface area (Å²) in [4.78, 5) is 15.4. The van der Waals surface area contributed by atoms with Crippen LogP contribution in [0.25, 0.3) is 88.1 Å². The minimum atomic E-state index is 0.707. The zero-order valence-electron chi connectivity index (χ0n) is 26.8. The smallest absolute Gasteiger partial charge is 0.160 e. The molecular weight excluding hydrogens is 583 g/mol. The molecule has 0 aliphatic rings. The molecule has 0 aliphatic carbocycles. The van der Waals surface area contributed by atoms with Crippen molar-refractivity contribution < 1.29 is 0 Å². The van der Waals surface area contributed by atoms with Gasteiger partial charge >= 0.3 is 0 Å². The van der Waals surface area contributed by atoms with E-state index in [9.17, 15) is 0 Å². The highest BCUT2D eigenvalue weighted by Crippen LogP contribution is 2.39. The Hall–Kier alpha value is -6.19. The van der Waals surface area contributed by atoms with Crippen LogP contribution >= 0.6 is 0 Å². The summed E-state index contributed by atoms with van der Waals surface area (Å²) in [6.45, 7) is 4.11. The van der Waals surface area contributed by atoms with Gasteiger partial charge in [-0.3, -0.25) is 4.98 Å². The largest absolute Gasteiger partial charge is 0.258 e. The normalized spacial score (nSPS) is 11.5. The Kier molecular flexibility index (Phi) is 6.58. The number of pyridine rings is 1. The molecule has 0 amide bonds. The van der Waals surface area contributed by atoms with Gasteiger partial charge in [-0.05, 0) is 87.8 Å². The van der Waals surface area contributed by atoms with Crippen LogP contribution < -0.4 is 0 Å². The lowest BCUT2D eigenvalue weighted by atomic mass is 9.91. The summed E-state index contributed by atoms with van der Waals surface area (Å²) in [6, 6.07) is 54.0. The van der Waals surface area contributed by atoms with E-state index in [1.165, 1.54) is 27.1 Å². The second kappa shape index (κ2) is 11.3. The third kappa shape index (κ3) is 4.71. The van der Waals surface area contributed by atoms with E-state index in [0.29, 0.717) is 5.82 Å². The molecule has 0 fully saturated rings. The van der Waals surface area contributed by atoms with Crippen molar-refractivity contribution >= 4 is 43.2 Å². The van der Waals surface area contributed by atoms with E-state index in [1.807, 2.05) is 6.92 Å². The lowest BCUT2D eigenvalue weighted by Gasteiger charge is -2.15. The van der Waals surface area contributed by atoms with E-state index in [-0.39, 0.29) is 0 Å². The Morgan fingerprint density at radius 3 is 1.77 bits per heavy atom. The molecule has 9 rings (SSSR count). The first-order chi connectivity index (χ1) is 23.6. The summed E-state index contributed by atoms with van der Waals surface area (Å²) < 4.78 is 0. The Bertz CT molecular complexity index is 2650. The molecule has 0 N–H and O–H groups in total. The Morgan fingerprint density at radius 2 is 1.02 bits per heavy atom. The minimum Gasteiger partial charge on any atom is -0.258 e. The molecule has 3 nitrogen and oxygen atoms in total. The van der Waals surface area contributed by atoms with Gasteiger partial charge in [0.1, 0.15) is 0 Å². The van der Waals surface area contributed by atoms with Crippen LogP contribution in [0.1, 0.15) is 11.4 Å². The molecule has 0 spiro atoms. The fraction of sp³-hybridized carbons (Fsp3) is 0.0444. The molecule has 9 aromatic rings. The number of fused-ring (bicyclic) bond motifs is 5. The van der Waals surface area contributed by atoms with Gasteiger partial charge in [0, 0.05) is 38.9 Å². The molecule has 0 bridgehead atoms. The number of aryl methyl sites for hydroxylation is 2. The molecule has 226 valence electrons. The number of aromatic nitrogens is 3. The Balaban J connectivity index is 1.28. The van der Waals surface area contributed by atoms with E-state index < -0.39 is 0 Å². The Morgan fingerprint density at radius 1 is 0.396 bits per heavy atom. The zero-order valence-corrected chi connectivity index (χ0v) is 26.8. The van der Waals surface area contributed by atoms with Crippen LogP contribution in [-0.4, -0.2) is 15.0 Å². The maximum atomic E-state index is 5.35. The molecular formula is C45H31N3. The lowest BCUT2D eigenvalue weighted by molar-refractivity contribution is 1.13. The van der Waals surface area contributed by atoms with Gasteiger partial charge in [0.25, 0.3) is 0 Å². The molecule has 0 saturated heterocycles. The average molecular weight is 614 g/mol. The highest BCUT2D eigenvalue weighted by Gasteiger charge is 2.17. The summed E-state index contributed by atoms with van der Waals surface area (Å²) in [6.07, 6.45) is 0. The molecule has 2 heterocycles. The zero-order chi connectivity index (χ0) is 32.2. The average Bonchev–Trinajstić information content (AvgIpc) is 3.13. The van der Waals surface area contributed by atoms with Gasteiger partial charge in [0.2, 0.25) is 0 Å². The predicted octanol–water partition coefficient (Wildman–Crippen LogP) is 11.8. The van der Waals surface area contributed by atoms with Crippen LogP contribution in [0, 0.1) is 13.8 Å². The first-order valence-corrected chi connectivity index (χ1v) is 16.4. The highest BCUT2D eigenvalue weighted by atomic mass is 14.9. The molecule has 3 heteroatoms. The lowest BCUT2D eigenvalue weighted by Crippen LogP contribution is -1.97. The quantitative estimate of drug-likeness (QED) is 0.146. The van der Waals surface area contributed by atoms with E-state index in [2.05, 4.69) is 159 Å². The number of rotatable bonds is 4. The molecule has 48 heavy (non-hydrogen) atoms. The van der Waals surface area contributed by atoms with Crippen molar-refractivity contribution in [1.29, 1.82) is 0 Å². The van der Waals surface area contributed by atoms with Gasteiger partial charge in [-0.15, -0.1) is 0 Å². The van der Waals surface area contributed by atoms with Crippen molar-refractivity contribution in [2.45, 2.75) is 13.8 Å². The van der Waals surface area contributed by atoms with Gasteiger partial charge in [-0.1, -0.05) is 121 Å². The monoisotopic (exact) mass is 613 g/mol. The molecule has 2 aromatic heterocycles. The standard InChI is InChI=1S/C45H31N3/c1-28-21-23-37(29(2)46-28)31-14-9-16-35(26-31)43-41-24-22-30-11-3-8-20-40(30)44(41)48-45(47-43)36-17-10-15-34(27-36)42-38-18-6-4-12-32(38)25-33-13-5-7-19-39(33)42/h3-27H,1-2H3. The summed E-state index contributed by atoms with van der Waals surface area (Å²) in [5.74, 6) is 0.707. The summed E-state index contributed by atoms with van der Waals surface area (Å²) in [5.41, 5.74) is 10.6. The number of nitrogens with zero attached hydrogens (tertiary/aromatic N) is 3. The third-order valence-corrected chi connectivity index (χ3v) is 9.44. The van der Waals surface area contributed by atoms with Gasteiger partial charge in [-0.2, -0.15) is 0 Å². The van der Waals surface area contributed by atoms with E-state index >= 15 is 0 Å². The van der Waals surface area contributed by atoms with Crippen molar-refractivity contribution in [1.82, 2.24) is 15.0 Å². The topological polar surface area (TPSA) is 38.7 Å². The number of benzene rings is 7. The SMILES string of the molecule is Cc1ccc(-c2cccc(-c3nc(-c4cccc(-c5c6ccccc6cc6ccccc56)c4)nc4c3ccc3ccccc34)c2)c(C)n1. The van der Waals surface area contributed by atoms with Crippen molar-refractivity contribution in [2.24, 2.45) is 0 Å². The van der Waals surface area contributed by atoms with Crippen LogP contribution in [0.2, 0.25) is 0 Å². The van der Waals surface area contributed by atoms with Crippen LogP contribution in [0.5, 0.6) is 0 Å². The van der Waals surface area contributed by atoms with Crippen molar-refractivity contribution in [3.63, 3.8) is 0 Å². The van der Waals surface area contributed by atoms with Crippen LogP contribution in [-0.2, 0) is 0 Å². The summed E-state index contributed by atoms with van der Waals surface area (Å²) in [7, 11) is 0. The fourth-order valence-corrected chi connectivity index (χ4v) is 7.18. The van der Waals surface area contributed by atoms with Gasteiger partial charge < -0.3 is 0 Å². The first kappa shape index (κ1) is 28.1. The first-order valence-electron chi connectivity index (χ1n) is 16.4. The van der Waals surface area contributed by atoms with Gasteiger partial charge in [0.15, 0.2) is 5.82 Å². The number of hydrogen-bond acceptors (Lipinski definition) is 3. The van der Waals surface area contributed by atoms with Crippen molar-refractivity contribution in [3.8, 4) is 44.9 Å². The van der Waals surface area contributed by atoms with Gasteiger partial charge in [-0.25, -0.2) is 9.97 Å². The summed E-state index contributed by atoms with van der Waals surface area (Å²) >= 11 is 0. The molecule has 7 aromatic carbocycles. The van der Waals surface area contributed by atoms with Crippen LogP contribution in [0.15, 0.2) is 152 Å². The highest BCUT2D eigenvalue weighted by molar-refractivity contribution is 6.13. The summed E-state index contributed by atoms with van der Waals surface area (Å²) in [5, 5.41) is 8.23. The van der Waals surface area contributed by atoms with Crippen molar-refractivity contribution in [2.75, 3.05) is 0 Å². The van der Waals surface area contributed by atoms with Crippen LogP contribution in [0.4, 0.5) is 0 Å². The van der Waals surface area contributed by atoms with E-state index in [0.717, 1.165) is 66.6 Å². The molecule has 0 aliphatic heterocycles. The van der Waals surface area contributed by atoms with E-state index in [1.54, 1.807) is 0 Å². The molecule has 0 saturated carbocycles. The van der Waals surface area contributed by atoms with Crippen molar-refractivity contribution in [3.05, 3.63) is 163 Å². The van der Waals surface area contributed by atoms with Gasteiger partial charge in [0.05, 0.1) is 11.2 Å². The van der Waals surface area contributed by atoms with E-state index in [4.69, 9.17) is 15.0 Å². The number of hydrogen-bond donors (Lipinski definition) is 0. The molecule has 0 radical (unpaired) electrons. The molecule has 0 unspecified atom stereocenters. The second-order valence-electron chi connectivity index (χ2n) is 12.5. The second-order valence-corrected chi connectivity index (χ2v) is 12.5. The fourth-order valence-electron chi connectivity index (χ4n) is 7.18. The Labute approximate surface area is 279 Å². The van der Waals surface area contributed by atoms with Crippen LogP contribution in [0.3, 0.4) is 0 Å². The third-order valence-electron chi connectivity index (χ3n) is 9.44. The maximum Gasteiger partial charge on any atom is 0.160 e.